The Morgan fingerprint density at radius 3 is 2.50 bits per heavy atom. The van der Waals surface area contributed by atoms with E-state index in [2.05, 4.69) is 5.32 Å². The smallest absolute Gasteiger partial charge is 0.265 e. The molecule has 4 nitrogen and oxygen atoms in total. The van der Waals surface area contributed by atoms with Crippen molar-refractivity contribution < 1.29 is 14.6 Å². The van der Waals surface area contributed by atoms with Gasteiger partial charge in [-0.3, -0.25) is 4.79 Å². The lowest BCUT2D eigenvalue weighted by atomic mass is 9.88. The van der Waals surface area contributed by atoms with E-state index in [9.17, 15) is 4.79 Å². The number of hydrogen-bond donors (Lipinski definition) is 1. The molecule has 0 bridgehead atoms. The first-order chi connectivity index (χ1) is 11.3. The van der Waals surface area contributed by atoms with Crippen LogP contribution in [0.15, 0.2) is 48.5 Å². The van der Waals surface area contributed by atoms with Gasteiger partial charge in [-0.25, -0.2) is 9.78 Å². The van der Waals surface area contributed by atoms with Gasteiger partial charge in [-0.2, -0.15) is 0 Å². The zero-order chi connectivity index (χ0) is 17.4. The molecule has 0 saturated heterocycles. The number of benzene rings is 2. The SMILES string of the molecule is CC(C)(C)OOC1(Cc2ccccc2)C(=O)Nc2ccc(Cl)cc21. The molecule has 1 aliphatic rings. The number of carbonyl (C=O) groups is 1. The van der Waals surface area contributed by atoms with Gasteiger partial charge in [0.05, 0.1) is 5.60 Å². The summed E-state index contributed by atoms with van der Waals surface area (Å²) < 4.78 is 0. The molecule has 0 radical (unpaired) electrons. The highest BCUT2D eigenvalue weighted by atomic mass is 35.5. The number of anilines is 1. The summed E-state index contributed by atoms with van der Waals surface area (Å²) >= 11 is 6.16. The Morgan fingerprint density at radius 1 is 1.12 bits per heavy atom. The molecule has 1 aliphatic heterocycles. The van der Waals surface area contributed by atoms with Crippen molar-refractivity contribution in [3.05, 3.63) is 64.7 Å². The van der Waals surface area contributed by atoms with Crippen molar-refractivity contribution in [1.29, 1.82) is 0 Å². The first kappa shape index (κ1) is 17.0. The second-order valence-corrected chi connectivity index (χ2v) is 7.35. The van der Waals surface area contributed by atoms with Gasteiger partial charge in [0.25, 0.3) is 5.91 Å². The minimum absolute atomic E-state index is 0.257. The third-order valence-corrected chi connectivity index (χ3v) is 4.00. The van der Waals surface area contributed by atoms with Crippen LogP contribution in [-0.4, -0.2) is 11.5 Å². The van der Waals surface area contributed by atoms with Crippen molar-refractivity contribution in [2.75, 3.05) is 5.32 Å². The lowest BCUT2D eigenvalue weighted by Gasteiger charge is -2.30. The summed E-state index contributed by atoms with van der Waals surface area (Å²) in [5.41, 5.74) is 0.532. The van der Waals surface area contributed by atoms with Crippen molar-refractivity contribution in [2.24, 2.45) is 0 Å². The molecule has 24 heavy (non-hydrogen) atoms. The molecule has 0 aromatic heterocycles. The fraction of sp³-hybridized carbons (Fsp3) is 0.316. The summed E-state index contributed by atoms with van der Waals surface area (Å²) in [4.78, 5) is 24.2. The second kappa shape index (κ2) is 6.20. The van der Waals surface area contributed by atoms with Crippen LogP contribution in [0.5, 0.6) is 0 Å². The van der Waals surface area contributed by atoms with Crippen LogP contribution in [0.4, 0.5) is 5.69 Å². The number of hydrogen-bond acceptors (Lipinski definition) is 3. The van der Waals surface area contributed by atoms with E-state index in [1.807, 2.05) is 51.1 Å². The highest BCUT2D eigenvalue weighted by Gasteiger charge is 2.50. The number of halogens is 1. The van der Waals surface area contributed by atoms with E-state index in [-0.39, 0.29) is 5.91 Å². The first-order valence-corrected chi connectivity index (χ1v) is 8.20. The van der Waals surface area contributed by atoms with Gasteiger partial charge in [0.15, 0.2) is 0 Å². The van der Waals surface area contributed by atoms with Crippen LogP contribution in [0.25, 0.3) is 0 Å². The van der Waals surface area contributed by atoms with Gasteiger partial charge in [-0.15, -0.1) is 0 Å². The van der Waals surface area contributed by atoms with E-state index in [0.29, 0.717) is 22.7 Å². The number of rotatable bonds is 4. The van der Waals surface area contributed by atoms with Gasteiger partial charge in [0.1, 0.15) is 0 Å². The van der Waals surface area contributed by atoms with E-state index in [1.54, 1.807) is 18.2 Å². The molecule has 5 heteroatoms. The molecule has 3 rings (SSSR count). The summed E-state index contributed by atoms with van der Waals surface area (Å²) in [6.07, 6.45) is 0.350. The third kappa shape index (κ3) is 3.31. The van der Waals surface area contributed by atoms with Gasteiger partial charge >= 0.3 is 0 Å². The molecule has 0 fully saturated rings. The Labute approximate surface area is 146 Å². The van der Waals surface area contributed by atoms with E-state index in [1.165, 1.54) is 0 Å². The molecule has 1 N–H and O–H groups in total. The number of nitrogens with one attached hydrogen (secondary N) is 1. The largest absolute Gasteiger partial charge is 0.323 e. The molecule has 0 spiro atoms. The van der Waals surface area contributed by atoms with E-state index < -0.39 is 11.2 Å². The highest BCUT2D eigenvalue weighted by molar-refractivity contribution is 6.31. The molecule has 0 saturated carbocycles. The molecule has 126 valence electrons. The van der Waals surface area contributed by atoms with Gasteiger partial charge in [-0.1, -0.05) is 41.9 Å². The maximum atomic E-state index is 12.8. The zero-order valence-corrected chi connectivity index (χ0v) is 14.7. The predicted molar refractivity (Wildman–Crippen MR) is 93.8 cm³/mol. The van der Waals surface area contributed by atoms with Crippen LogP contribution in [0.3, 0.4) is 0 Å². The standard InChI is InChI=1S/C19H20ClNO3/c1-18(2,3)23-24-19(12-13-7-5-4-6-8-13)15-11-14(20)9-10-16(15)21-17(19)22/h4-11H,12H2,1-3H3,(H,21,22). The summed E-state index contributed by atoms with van der Waals surface area (Å²) in [6.45, 7) is 5.61. The second-order valence-electron chi connectivity index (χ2n) is 6.91. The fourth-order valence-electron chi connectivity index (χ4n) is 2.67. The third-order valence-electron chi connectivity index (χ3n) is 3.76. The normalized spacial score (nSPS) is 19.9. The van der Waals surface area contributed by atoms with Crippen LogP contribution >= 0.6 is 11.6 Å². The molecule has 1 heterocycles. The maximum Gasteiger partial charge on any atom is 0.265 e. The molecule has 2 aromatic carbocycles. The zero-order valence-electron chi connectivity index (χ0n) is 13.9. The Balaban J connectivity index is 2.06. The molecule has 1 amide bonds. The first-order valence-electron chi connectivity index (χ1n) is 7.82. The maximum absolute atomic E-state index is 12.8. The van der Waals surface area contributed by atoms with Crippen LogP contribution in [-0.2, 0) is 26.6 Å². The van der Waals surface area contributed by atoms with Gasteiger partial charge in [0.2, 0.25) is 5.60 Å². The van der Waals surface area contributed by atoms with Gasteiger partial charge in [0, 0.05) is 22.7 Å². The minimum atomic E-state index is -1.27. The van der Waals surface area contributed by atoms with Crippen LogP contribution in [0.1, 0.15) is 31.9 Å². The Kier molecular flexibility index (Phi) is 4.38. The van der Waals surface area contributed by atoms with Crippen LogP contribution in [0, 0.1) is 0 Å². The lowest BCUT2D eigenvalue weighted by Crippen LogP contribution is -2.41. The molecular formula is C19H20ClNO3. The number of fused-ring (bicyclic) bond motifs is 1. The molecule has 0 aliphatic carbocycles. The summed E-state index contributed by atoms with van der Waals surface area (Å²) in [7, 11) is 0. The monoisotopic (exact) mass is 345 g/mol. The summed E-state index contributed by atoms with van der Waals surface area (Å²) in [5, 5.41) is 3.41. The quantitative estimate of drug-likeness (QED) is 0.656. The molecule has 2 aromatic rings. The van der Waals surface area contributed by atoms with Crippen molar-refractivity contribution >= 4 is 23.2 Å². The summed E-state index contributed by atoms with van der Waals surface area (Å²) in [6, 6.07) is 15.0. The van der Waals surface area contributed by atoms with E-state index in [0.717, 1.165) is 5.56 Å². The average Bonchev–Trinajstić information content (AvgIpc) is 2.78. The Morgan fingerprint density at radius 2 is 1.83 bits per heavy atom. The van der Waals surface area contributed by atoms with E-state index >= 15 is 0 Å². The van der Waals surface area contributed by atoms with Crippen molar-refractivity contribution in [2.45, 2.75) is 38.4 Å². The molecular weight excluding hydrogens is 326 g/mol. The van der Waals surface area contributed by atoms with Crippen LogP contribution in [0.2, 0.25) is 5.02 Å². The fourth-order valence-corrected chi connectivity index (χ4v) is 2.84. The van der Waals surface area contributed by atoms with Crippen molar-refractivity contribution in [1.82, 2.24) is 0 Å². The molecule has 1 unspecified atom stereocenters. The molecule has 1 atom stereocenters. The van der Waals surface area contributed by atoms with Crippen molar-refractivity contribution in [3.8, 4) is 0 Å². The van der Waals surface area contributed by atoms with Gasteiger partial charge < -0.3 is 5.32 Å². The number of carbonyl (C=O) groups excluding carboxylic acids is 1. The van der Waals surface area contributed by atoms with Gasteiger partial charge in [-0.05, 0) is 44.5 Å². The predicted octanol–water partition coefficient (Wildman–Crippen LogP) is 4.48. The summed E-state index contributed by atoms with van der Waals surface area (Å²) in [5.74, 6) is -0.257. The topological polar surface area (TPSA) is 47.6 Å². The van der Waals surface area contributed by atoms with Crippen LogP contribution < -0.4 is 5.32 Å². The highest BCUT2D eigenvalue weighted by Crippen LogP contribution is 2.43. The minimum Gasteiger partial charge on any atom is -0.323 e. The number of amides is 1. The Bertz CT molecular complexity index is 755. The average molecular weight is 346 g/mol. The van der Waals surface area contributed by atoms with Crippen molar-refractivity contribution in [3.63, 3.8) is 0 Å². The van der Waals surface area contributed by atoms with E-state index in [4.69, 9.17) is 21.4 Å². The lowest BCUT2D eigenvalue weighted by molar-refractivity contribution is -0.396. The Hall–Kier alpha value is -1.88.